The molecule has 0 radical (unpaired) electrons. The maximum atomic E-state index is 13.7. The minimum absolute atomic E-state index is 0.0165. The molecule has 1 N–H and O–H groups in total. The molecule has 2 atom stereocenters. The second-order valence-electron chi connectivity index (χ2n) is 5.01. The number of nitrogens with zero attached hydrogens (tertiary/aromatic N) is 1. The Bertz CT molecular complexity index is 659. The molecule has 2 unspecified atom stereocenters. The van der Waals surface area contributed by atoms with Gasteiger partial charge in [-0.2, -0.15) is 5.26 Å². The van der Waals surface area contributed by atoms with Crippen LogP contribution in [-0.4, -0.2) is 0 Å². The summed E-state index contributed by atoms with van der Waals surface area (Å²) in [5.41, 5.74) is 2.03. The Labute approximate surface area is 123 Å². The van der Waals surface area contributed by atoms with Crippen LogP contribution in [-0.2, 0) is 0 Å². The summed E-state index contributed by atoms with van der Waals surface area (Å²) in [5, 5.41) is 12.0. The van der Waals surface area contributed by atoms with Gasteiger partial charge in [-0.15, -0.1) is 0 Å². The summed E-state index contributed by atoms with van der Waals surface area (Å²) in [6.45, 7) is 3.79. The van der Waals surface area contributed by atoms with E-state index in [0.29, 0.717) is 11.1 Å². The van der Waals surface area contributed by atoms with Gasteiger partial charge in [-0.3, -0.25) is 0 Å². The number of hydrogen-bond acceptors (Lipinski definition) is 2. The number of halogens is 2. The van der Waals surface area contributed by atoms with Crippen LogP contribution in [0.25, 0.3) is 0 Å². The normalized spacial score (nSPS) is 13.5. The van der Waals surface area contributed by atoms with E-state index in [0.717, 1.165) is 11.6 Å². The van der Waals surface area contributed by atoms with Crippen molar-refractivity contribution in [3.63, 3.8) is 0 Å². The molecule has 108 valence electrons. The maximum Gasteiger partial charge on any atom is 0.130 e. The van der Waals surface area contributed by atoms with Gasteiger partial charge in [0.25, 0.3) is 0 Å². The van der Waals surface area contributed by atoms with Crippen molar-refractivity contribution < 1.29 is 8.78 Å². The lowest BCUT2D eigenvalue weighted by atomic mass is 10.0. The van der Waals surface area contributed by atoms with Gasteiger partial charge in [0.2, 0.25) is 0 Å². The quantitative estimate of drug-likeness (QED) is 0.912. The fourth-order valence-electron chi connectivity index (χ4n) is 2.26. The highest BCUT2D eigenvalue weighted by Crippen LogP contribution is 2.22. The molecular weight excluding hydrogens is 270 g/mol. The summed E-state index contributed by atoms with van der Waals surface area (Å²) in [4.78, 5) is 0. The zero-order chi connectivity index (χ0) is 15.4. The topological polar surface area (TPSA) is 35.8 Å². The Balaban J connectivity index is 2.10. The molecule has 0 aliphatic heterocycles. The Hall–Kier alpha value is -2.25. The number of rotatable bonds is 4. The molecule has 0 bridgehead atoms. The minimum atomic E-state index is -0.580. The second-order valence-corrected chi connectivity index (χ2v) is 5.01. The van der Waals surface area contributed by atoms with Crippen LogP contribution in [0.5, 0.6) is 0 Å². The van der Waals surface area contributed by atoms with E-state index in [1.807, 2.05) is 26.0 Å². The van der Waals surface area contributed by atoms with E-state index < -0.39 is 11.6 Å². The first-order valence-corrected chi connectivity index (χ1v) is 6.72. The van der Waals surface area contributed by atoms with Crippen LogP contribution in [0.3, 0.4) is 0 Å². The first kappa shape index (κ1) is 15.1. The fraction of sp³-hybridized carbons (Fsp3) is 0.235. The van der Waals surface area contributed by atoms with Crippen LogP contribution < -0.4 is 5.32 Å². The van der Waals surface area contributed by atoms with E-state index in [4.69, 9.17) is 5.26 Å². The van der Waals surface area contributed by atoms with Gasteiger partial charge in [0, 0.05) is 23.7 Å². The molecule has 0 aromatic heterocycles. The summed E-state index contributed by atoms with van der Waals surface area (Å²) in [6.07, 6.45) is 0. The first-order valence-electron chi connectivity index (χ1n) is 6.72. The SMILES string of the molecule is CC(NC(C)c1ccc(F)cc1F)c1ccc(C#N)cc1. The van der Waals surface area contributed by atoms with Crippen molar-refractivity contribution in [3.05, 3.63) is 70.8 Å². The van der Waals surface area contributed by atoms with Crippen molar-refractivity contribution in [1.29, 1.82) is 5.26 Å². The number of nitrogens with one attached hydrogen (secondary N) is 1. The third-order valence-corrected chi connectivity index (χ3v) is 3.47. The molecular formula is C17H16F2N2. The average molecular weight is 286 g/mol. The van der Waals surface area contributed by atoms with Gasteiger partial charge in [0.1, 0.15) is 11.6 Å². The predicted molar refractivity (Wildman–Crippen MR) is 77.5 cm³/mol. The van der Waals surface area contributed by atoms with Gasteiger partial charge in [-0.1, -0.05) is 18.2 Å². The molecule has 0 amide bonds. The molecule has 0 heterocycles. The molecule has 0 aliphatic rings. The van der Waals surface area contributed by atoms with Gasteiger partial charge in [-0.05, 0) is 37.6 Å². The largest absolute Gasteiger partial charge is 0.304 e. The lowest BCUT2D eigenvalue weighted by Crippen LogP contribution is -2.23. The van der Waals surface area contributed by atoms with Crippen LogP contribution in [0.4, 0.5) is 8.78 Å². The van der Waals surface area contributed by atoms with E-state index >= 15 is 0 Å². The van der Waals surface area contributed by atoms with Gasteiger partial charge >= 0.3 is 0 Å². The molecule has 0 fully saturated rings. The first-order chi connectivity index (χ1) is 10.0. The van der Waals surface area contributed by atoms with Gasteiger partial charge < -0.3 is 5.32 Å². The van der Waals surface area contributed by atoms with Crippen molar-refractivity contribution in [2.24, 2.45) is 0 Å². The summed E-state index contributed by atoms with van der Waals surface area (Å²) < 4.78 is 26.7. The van der Waals surface area contributed by atoms with Gasteiger partial charge in [0.15, 0.2) is 0 Å². The summed E-state index contributed by atoms with van der Waals surface area (Å²) >= 11 is 0. The van der Waals surface area contributed by atoms with Gasteiger partial charge in [0.05, 0.1) is 11.6 Å². The van der Waals surface area contributed by atoms with Crippen LogP contribution in [0.2, 0.25) is 0 Å². The number of hydrogen-bond donors (Lipinski definition) is 1. The highest BCUT2D eigenvalue weighted by molar-refractivity contribution is 5.33. The van der Waals surface area contributed by atoms with E-state index in [1.165, 1.54) is 12.1 Å². The van der Waals surface area contributed by atoms with Crippen molar-refractivity contribution in [3.8, 4) is 6.07 Å². The van der Waals surface area contributed by atoms with E-state index in [9.17, 15) is 8.78 Å². The van der Waals surface area contributed by atoms with Gasteiger partial charge in [-0.25, -0.2) is 8.78 Å². The summed E-state index contributed by atoms with van der Waals surface area (Å²) in [6, 6.07) is 12.6. The fourth-order valence-corrected chi connectivity index (χ4v) is 2.26. The molecule has 0 saturated carbocycles. The van der Waals surface area contributed by atoms with Crippen molar-refractivity contribution in [2.75, 3.05) is 0 Å². The zero-order valence-corrected chi connectivity index (χ0v) is 11.9. The monoisotopic (exact) mass is 286 g/mol. The summed E-state index contributed by atoms with van der Waals surface area (Å²) in [5.74, 6) is -1.13. The Morgan fingerprint density at radius 2 is 1.67 bits per heavy atom. The molecule has 0 spiro atoms. The molecule has 4 heteroatoms. The standard InChI is InChI=1S/C17H16F2N2/c1-11(14-5-3-13(10-20)4-6-14)21-12(2)16-8-7-15(18)9-17(16)19/h3-9,11-12,21H,1-2H3. The Morgan fingerprint density at radius 1 is 1.00 bits per heavy atom. The number of benzene rings is 2. The average Bonchev–Trinajstić information content (AvgIpc) is 2.47. The minimum Gasteiger partial charge on any atom is -0.304 e. The molecule has 2 aromatic carbocycles. The molecule has 0 saturated heterocycles. The molecule has 0 aliphatic carbocycles. The van der Waals surface area contributed by atoms with Crippen molar-refractivity contribution in [2.45, 2.75) is 25.9 Å². The highest BCUT2D eigenvalue weighted by atomic mass is 19.1. The van der Waals surface area contributed by atoms with Crippen molar-refractivity contribution in [1.82, 2.24) is 5.32 Å². The lowest BCUT2D eigenvalue weighted by molar-refractivity contribution is 0.470. The zero-order valence-electron chi connectivity index (χ0n) is 11.9. The summed E-state index contributed by atoms with van der Waals surface area (Å²) in [7, 11) is 0. The van der Waals surface area contributed by atoms with Crippen LogP contribution >= 0.6 is 0 Å². The van der Waals surface area contributed by atoms with E-state index in [-0.39, 0.29) is 12.1 Å². The molecule has 2 nitrogen and oxygen atoms in total. The molecule has 21 heavy (non-hydrogen) atoms. The third kappa shape index (κ3) is 3.65. The van der Waals surface area contributed by atoms with Crippen LogP contribution in [0.1, 0.15) is 42.6 Å². The Morgan fingerprint density at radius 3 is 2.24 bits per heavy atom. The smallest absolute Gasteiger partial charge is 0.130 e. The third-order valence-electron chi connectivity index (χ3n) is 3.47. The Kier molecular flexibility index (Phi) is 4.66. The van der Waals surface area contributed by atoms with Crippen molar-refractivity contribution >= 4 is 0 Å². The van der Waals surface area contributed by atoms with Crippen LogP contribution in [0.15, 0.2) is 42.5 Å². The lowest BCUT2D eigenvalue weighted by Gasteiger charge is -2.21. The predicted octanol–water partition coefficient (Wildman–Crippen LogP) is 4.25. The number of nitriles is 1. The van der Waals surface area contributed by atoms with E-state index in [1.54, 1.807) is 12.1 Å². The van der Waals surface area contributed by atoms with Crippen LogP contribution in [0, 0.1) is 23.0 Å². The van der Waals surface area contributed by atoms with E-state index in [2.05, 4.69) is 11.4 Å². The molecule has 2 aromatic rings. The second kappa shape index (κ2) is 6.47. The highest BCUT2D eigenvalue weighted by Gasteiger charge is 2.15. The maximum absolute atomic E-state index is 13.7. The molecule has 2 rings (SSSR count).